The van der Waals surface area contributed by atoms with Gasteiger partial charge in [0.05, 0.1) is 4.47 Å². The third-order valence-electron chi connectivity index (χ3n) is 2.62. The smallest absolute Gasteiger partial charge is 0.170 e. The summed E-state index contributed by atoms with van der Waals surface area (Å²) in [5.41, 5.74) is 6.93. The lowest BCUT2D eigenvalue weighted by atomic mass is 10.1. The molecule has 0 saturated carbocycles. The Morgan fingerprint density at radius 2 is 2.10 bits per heavy atom. The standard InChI is InChI=1S/C14H12BrFN2O2/c15-12-5-4-11(16)7-13(12)20-8-9-2-1-3-10(6-9)14(17)18-19/h1-7,19H,8H2,(H2,17,18). The summed E-state index contributed by atoms with van der Waals surface area (Å²) < 4.78 is 19.3. The van der Waals surface area contributed by atoms with Crippen LogP contribution in [0.3, 0.4) is 0 Å². The zero-order valence-corrected chi connectivity index (χ0v) is 12.0. The van der Waals surface area contributed by atoms with Gasteiger partial charge in [-0.05, 0) is 39.7 Å². The van der Waals surface area contributed by atoms with Crippen LogP contribution in [0.5, 0.6) is 5.75 Å². The van der Waals surface area contributed by atoms with E-state index >= 15 is 0 Å². The predicted molar refractivity (Wildman–Crippen MR) is 77.4 cm³/mol. The molecule has 2 aromatic carbocycles. The lowest BCUT2D eigenvalue weighted by Crippen LogP contribution is -2.13. The van der Waals surface area contributed by atoms with Crippen LogP contribution in [0.1, 0.15) is 11.1 Å². The summed E-state index contributed by atoms with van der Waals surface area (Å²) in [4.78, 5) is 0. The fraction of sp³-hybridized carbons (Fsp3) is 0.0714. The summed E-state index contributed by atoms with van der Waals surface area (Å²) in [6, 6.07) is 11.3. The fourth-order valence-electron chi connectivity index (χ4n) is 1.63. The number of amidine groups is 1. The molecule has 0 amide bonds. The van der Waals surface area contributed by atoms with Gasteiger partial charge in [0, 0.05) is 11.6 Å². The highest BCUT2D eigenvalue weighted by atomic mass is 79.9. The lowest BCUT2D eigenvalue weighted by Gasteiger charge is -2.09. The van der Waals surface area contributed by atoms with Gasteiger partial charge in [0.2, 0.25) is 0 Å². The van der Waals surface area contributed by atoms with Gasteiger partial charge in [0.1, 0.15) is 18.2 Å². The number of hydrogen-bond donors (Lipinski definition) is 2. The SMILES string of the molecule is N/C(=N/O)c1cccc(COc2cc(F)ccc2Br)c1. The molecule has 2 rings (SSSR count). The Labute approximate surface area is 123 Å². The van der Waals surface area contributed by atoms with E-state index in [4.69, 9.17) is 15.7 Å². The average molecular weight is 339 g/mol. The molecular weight excluding hydrogens is 327 g/mol. The van der Waals surface area contributed by atoms with Crippen molar-refractivity contribution in [2.75, 3.05) is 0 Å². The van der Waals surface area contributed by atoms with Crippen molar-refractivity contribution < 1.29 is 14.3 Å². The second-order valence-electron chi connectivity index (χ2n) is 4.05. The molecule has 0 aliphatic carbocycles. The highest BCUT2D eigenvalue weighted by molar-refractivity contribution is 9.10. The second-order valence-corrected chi connectivity index (χ2v) is 4.90. The van der Waals surface area contributed by atoms with Crippen LogP contribution in [0.2, 0.25) is 0 Å². The molecule has 2 aromatic rings. The van der Waals surface area contributed by atoms with Gasteiger partial charge in [0.25, 0.3) is 0 Å². The van der Waals surface area contributed by atoms with Crippen molar-refractivity contribution in [2.45, 2.75) is 6.61 Å². The van der Waals surface area contributed by atoms with Gasteiger partial charge in [-0.3, -0.25) is 0 Å². The third-order valence-corrected chi connectivity index (χ3v) is 3.27. The molecule has 0 atom stereocenters. The molecule has 0 saturated heterocycles. The summed E-state index contributed by atoms with van der Waals surface area (Å²) in [6.07, 6.45) is 0. The number of oxime groups is 1. The van der Waals surface area contributed by atoms with Crippen LogP contribution in [-0.4, -0.2) is 11.0 Å². The van der Waals surface area contributed by atoms with E-state index in [9.17, 15) is 4.39 Å². The molecule has 0 aromatic heterocycles. The maximum atomic E-state index is 13.1. The Hall–Kier alpha value is -2.08. The number of halogens is 2. The van der Waals surface area contributed by atoms with E-state index < -0.39 is 0 Å². The largest absolute Gasteiger partial charge is 0.488 e. The minimum Gasteiger partial charge on any atom is -0.488 e. The van der Waals surface area contributed by atoms with E-state index in [-0.39, 0.29) is 18.3 Å². The topological polar surface area (TPSA) is 67.8 Å². The summed E-state index contributed by atoms with van der Waals surface area (Å²) in [6.45, 7) is 0.245. The van der Waals surface area contributed by atoms with Gasteiger partial charge in [-0.25, -0.2) is 4.39 Å². The molecule has 0 spiro atoms. The van der Waals surface area contributed by atoms with E-state index in [1.165, 1.54) is 12.1 Å². The van der Waals surface area contributed by atoms with Gasteiger partial charge in [-0.15, -0.1) is 0 Å². The quantitative estimate of drug-likeness (QED) is 0.389. The van der Waals surface area contributed by atoms with Gasteiger partial charge < -0.3 is 15.7 Å². The Kier molecular flexibility index (Phi) is 4.57. The number of hydrogen-bond acceptors (Lipinski definition) is 3. The van der Waals surface area contributed by atoms with Crippen LogP contribution in [0.15, 0.2) is 52.1 Å². The van der Waals surface area contributed by atoms with Gasteiger partial charge in [0.15, 0.2) is 5.84 Å². The number of nitrogens with two attached hydrogens (primary N) is 1. The van der Waals surface area contributed by atoms with Gasteiger partial charge >= 0.3 is 0 Å². The van der Waals surface area contributed by atoms with Gasteiger partial charge in [-0.2, -0.15) is 0 Å². The highest BCUT2D eigenvalue weighted by Crippen LogP contribution is 2.26. The monoisotopic (exact) mass is 338 g/mol. The van der Waals surface area contributed by atoms with Crippen LogP contribution < -0.4 is 10.5 Å². The fourth-order valence-corrected chi connectivity index (χ4v) is 1.99. The van der Waals surface area contributed by atoms with E-state index in [2.05, 4.69) is 21.1 Å². The van der Waals surface area contributed by atoms with Crippen molar-refractivity contribution in [3.05, 3.63) is 63.9 Å². The molecule has 0 heterocycles. The zero-order chi connectivity index (χ0) is 14.5. The highest BCUT2D eigenvalue weighted by Gasteiger charge is 2.05. The number of ether oxygens (including phenoxy) is 1. The van der Waals surface area contributed by atoms with Crippen molar-refractivity contribution in [1.82, 2.24) is 0 Å². The molecule has 20 heavy (non-hydrogen) atoms. The molecule has 0 unspecified atom stereocenters. The summed E-state index contributed by atoms with van der Waals surface area (Å²) in [7, 11) is 0. The number of nitrogens with zero attached hydrogens (tertiary/aromatic N) is 1. The van der Waals surface area contributed by atoms with Crippen molar-refractivity contribution in [1.29, 1.82) is 0 Å². The van der Waals surface area contributed by atoms with Gasteiger partial charge in [-0.1, -0.05) is 23.4 Å². The lowest BCUT2D eigenvalue weighted by molar-refractivity contribution is 0.302. The molecule has 4 nitrogen and oxygen atoms in total. The normalized spacial score (nSPS) is 11.4. The molecule has 0 radical (unpaired) electrons. The van der Waals surface area contributed by atoms with E-state index in [0.717, 1.165) is 5.56 Å². The van der Waals surface area contributed by atoms with E-state index in [1.807, 2.05) is 6.07 Å². The second kappa shape index (κ2) is 6.38. The zero-order valence-electron chi connectivity index (χ0n) is 10.4. The molecule has 0 aliphatic rings. The molecule has 3 N–H and O–H groups in total. The van der Waals surface area contributed by atoms with E-state index in [0.29, 0.717) is 15.8 Å². The minimum atomic E-state index is -0.367. The molecule has 104 valence electrons. The van der Waals surface area contributed by atoms with Crippen molar-refractivity contribution in [3.8, 4) is 5.75 Å². The minimum absolute atomic E-state index is 0.0267. The van der Waals surface area contributed by atoms with E-state index in [1.54, 1.807) is 24.3 Å². The van der Waals surface area contributed by atoms with Crippen LogP contribution >= 0.6 is 15.9 Å². The first kappa shape index (κ1) is 14.3. The molecular formula is C14H12BrFN2O2. The summed E-state index contributed by atoms with van der Waals surface area (Å²) >= 11 is 3.29. The predicted octanol–water partition coefficient (Wildman–Crippen LogP) is 3.26. The molecule has 6 heteroatoms. The molecule has 0 bridgehead atoms. The van der Waals surface area contributed by atoms with Crippen LogP contribution in [0, 0.1) is 5.82 Å². The summed E-state index contributed by atoms with van der Waals surface area (Å²) in [5.74, 6) is 0.0756. The third kappa shape index (κ3) is 3.48. The van der Waals surface area contributed by atoms with Crippen LogP contribution in [0.25, 0.3) is 0 Å². The first-order chi connectivity index (χ1) is 9.60. The average Bonchev–Trinajstić information content (AvgIpc) is 2.47. The number of rotatable bonds is 4. The van der Waals surface area contributed by atoms with Crippen molar-refractivity contribution in [2.24, 2.45) is 10.9 Å². The first-order valence-corrected chi connectivity index (χ1v) is 6.54. The molecule has 0 fully saturated rings. The van der Waals surface area contributed by atoms with Crippen molar-refractivity contribution >= 4 is 21.8 Å². The Morgan fingerprint density at radius 1 is 1.30 bits per heavy atom. The van der Waals surface area contributed by atoms with Crippen LogP contribution in [-0.2, 0) is 6.61 Å². The number of benzene rings is 2. The summed E-state index contributed by atoms with van der Waals surface area (Å²) in [5, 5.41) is 11.6. The Bertz CT molecular complexity index is 647. The Morgan fingerprint density at radius 3 is 2.85 bits per heavy atom. The first-order valence-electron chi connectivity index (χ1n) is 5.75. The van der Waals surface area contributed by atoms with Crippen molar-refractivity contribution in [3.63, 3.8) is 0 Å². The Balaban J connectivity index is 2.13. The maximum Gasteiger partial charge on any atom is 0.170 e. The maximum absolute atomic E-state index is 13.1. The molecule has 0 aliphatic heterocycles. The van der Waals surface area contributed by atoms with Crippen LogP contribution in [0.4, 0.5) is 4.39 Å².